The second-order valence-electron chi connectivity index (χ2n) is 4.27. The zero-order valence-corrected chi connectivity index (χ0v) is 9.10. The van der Waals surface area contributed by atoms with Crippen LogP contribution in [0.5, 0.6) is 0 Å². The quantitative estimate of drug-likeness (QED) is 0.480. The van der Waals surface area contributed by atoms with Gasteiger partial charge in [0.2, 0.25) is 0 Å². The Morgan fingerprint density at radius 3 is 2.71 bits per heavy atom. The summed E-state index contributed by atoms with van der Waals surface area (Å²) in [6.07, 6.45) is -0.361. The molecule has 2 rings (SSSR count). The monoisotopic (exact) mass is 241 g/mol. The lowest BCUT2D eigenvalue weighted by molar-refractivity contribution is -0.00453. The molecule has 1 aromatic heterocycles. The van der Waals surface area contributed by atoms with Crippen LogP contribution >= 0.6 is 0 Å². The lowest BCUT2D eigenvalue weighted by Crippen LogP contribution is -2.35. The maximum absolute atomic E-state index is 11.6. The highest BCUT2D eigenvalue weighted by Crippen LogP contribution is 2.34. The molecule has 0 aromatic carbocycles. The Labute approximate surface area is 97.1 Å². The van der Waals surface area contributed by atoms with Gasteiger partial charge >= 0.3 is 5.69 Å². The number of rotatable bonds is 2. The summed E-state index contributed by atoms with van der Waals surface area (Å²) in [7, 11) is 0. The first-order chi connectivity index (χ1) is 8.04. The Morgan fingerprint density at radius 1 is 1.47 bits per heavy atom. The zero-order valence-electron chi connectivity index (χ0n) is 9.10. The number of nitrogen functional groups attached to an aromatic ring is 1. The smallest absolute Gasteiger partial charge is 0.349 e. The molecule has 1 fully saturated rings. The number of aliphatic hydroxyl groups excluding tert-OH is 3. The molecule has 1 aliphatic rings. The zero-order chi connectivity index (χ0) is 12.6. The molecule has 0 unspecified atom stereocenters. The van der Waals surface area contributed by atoms with Crippen LogP contribution in [0.3, 0.4) is 0 Å². The fraction of sp³-hybridized carbons (Fsp3) is 0.600. The third-order valence-corrected chi connectivity index (χ3v) is 3.21. The lowest BCUT2D eigenvalue weighted by atomic mass is 10.1. The molecule has 0 radical (unpaired) electrons. The molecule has 5 N–H and O–H groups in total. The van der Waals surface area contributed by atoms with Gasteiger partial charge in [-0.3, -0.25) is 4.57 Å². The van der Waals surface area contributed by atoms with Crippen molar-refractivity contribution < 1.29 is 15.3 Å². The van der Waals surface area contributed by atoms with E-state index in [9.17, 15) is 15.0 Å². The number of hydrogen-bond donors (Lipinski definition) is 4. The second kappa shape index (κ2) is 4.44. The number of aliphatic hydroxyl groups is 3. The molecule has 1 saturated carbocycles. The second-order valence-corrected chi connectivity index (χ2v) is 4.27. The topological polar surface area (TPSA) is 122 Å². The average Bonchev–Trinajstić information content (AvgIpc) is 2.57. The average molecular weight is 241 g/mol. The summed E-state index contributed by atoms with van der Waals surface area (Å²) in [5, 5.41) is 28.5. The van der Waals surface area contributed by atoms with Crippen LogP contribution in [0.1, 0.15) is 12.5 Å². The van der Waals surface area contributed by atoms with Gasteiger partial charge in [-0.15, -0.1) is 0 Å². The van der Waals surface area contributed by atoms with Gasteiger partial charge in [0, 0.05) is 18.7 Å². The molecular formula is C10H15N3O4. The van der Waals surface area contributed by atoms with E-state index in [2.05, 4.69) is 4.98 Å². The Kier molecular flexibility index (Phi) is 3.14. The van der Waals surface area contributed by atoms with Crippen LogP contribution in [-0.2, 0) is 0 Å². The van der Waals surface area contributed by atoms with Crippen molar-refractivity contribution in [2.24, 2.45) is 5.92 Å². The molecule has 7 nitrogen and oxygen atoms in total. The molecule has 4 atom stereocenters. The van der Waals surface area contributed by atoms with E-state index in [1.807, 2.05) is 0 Å². The molecule has 0 bridgehead atoms. The SMILES string of the molecule is Nc1ccn([C@H]2C[C@@H](CO)[C@H](O)[C@H]2O)c(=O)n1. The number of anilines is 1. The van der Waals surface area contributed by atoms with E-state index in [1.165, 1.54) is 16.8 Å². The van der Waals surface area contributed by atoms with E-state index in [-0.39, 0.29) is 12.4 Å². The molecule has 1 aromatic rings. The van der Waals surface area contributed by atoms with Crippen molar-refractivity contribution >= 4 is 5.82 Å². The van der Waals surface area contributed by atoms with Crippen molar-refractivity contribution in [3.05, 3.63) is 22.7 Å². The van der Waals surface area contributed by atoms with Crippen molar-refractivity contribution in [3.63, 3.8) is 0 Å². The standard InChI is InChI=1S/C10H15N3O4/c11-7-1-2-13(10(17)12-7)6-3-5(4-14)8(15)9(6)16/h1-2,5-6,8-9,14-16H,3-4H2,(H2,11,12,17)/t5-,6-,8-,9-/m0/s1. The van der Waals surface area contributed by atoms with E-state index in [1.54, 1.807) is 0 Å². The van der Waals surface area contributed by atoms with Gasteiger partial charge in [0.05, 0.1) is 12.1 Å². The van der Waals surface area contributed by atoms with E-state index < -0.39 is 29.9 Å². The summed E-state index contributed by atoms with van der Waals surface area (Å²) < 4.78 is 1.24. The predicted octanol–water partition coefficient (Wildman–Crippen LogP) is -1.90. The van der Waals surface area contributed by atoms with E-state index in [0.717, 1.165) is 0 Å². The van der Waals surface area contributed by atoms with Gasteiger partial charge in [-0.25, -0.2) is 4.79 Å². The Bertz CT molecular complexity index is 461. The third-order valence-electron chi connectivity index (χ3n) is 3.21. The highest BCUT2D eigenvalue weighted by Gasteiger charge is 2.42. The van der Waals surface area contributed by atoms with Gasteiger partial charge < -0.3 is 21.1 Å². The number of nitrogens with zero attached hydrogens (tertiary/aromatic N) is 2. The van der Waals surface area contributed by atoms with E-state index in [4.69, 9.17) is 10.8 Å². The summed E-state index contributed by atoms with van der Waals surface area (Å²) in [5.41, 5.74) is 4.80. The largest absolute Gasteiger partial charge is 0.396 e. The third kappa shape index (κ3) is 2.04. The van der Waals surface area contributed by atoms with Crippen LogP contribution in [-0.4, -0.2) is 43.7 Å². The molecule has 0 saturated heterocycles. The van der Waals surface area contributed by atoms with Crippen LogP contribution in [0.4, 0.5) is 5.82 Å². The van der Waals surface area contributed by atoms with Gasteiger partial charge in [-0.05, 0) is 12.5 Å². The highest BCUT2D eigenvalue weighted by atomic mass is 16.3. The van der Waals surface area contributed by atoms with Crippen LogP contribution in [0.2, 0.25) is 0 Å². The summed E-state index contributed by atoms with van der Waals surface area (Å²) in [6, 6.07) is 0.870. The first-order valence-corrected chi connectivity index (χ1v) is 5.36. The van der Waals surface area contributed by atoms with Crippen molar-refractivity contribution in [2.75, 3.05) is 12.3 Å². The minimum atomic E-state index is -1.09. The fourth-order valence-electron chi connectivity index (χ4n) is 2.23. The molecule has 1 aliphatic carbocycles. The lowest BCUT2D eigenvalue weighted by Gasteiger charge is -2.18. The molecular weight excluding hydrogens is 226 g/mol. The minimum Gasteiger partial charge on any atom is -0.396 e. The first kappa shape index (κ1) is 12.0. The van der Waals surface area contributed by atoms with Crippen molar-refractivity contribution in [1.82, 2.24) is 9.55 Å². The van der Waals surface area contributed by atoms with Crippen molar-refractivity contribution in [1.29, 1.82) is 0 Å². The summed E-state index contributed by atoms with van der Waals surface area (Å²) in [5.74, 6) is -0.322. The van der Waals surface area contributed by atoms with Crippen LogP contribution in [0, 0.1) is 5.92 Å². The van der Waals surface area contributed by atoms with Crippen LogP contribution < -0.4 is 11.4 Å². The minimum absolute atomic E-state index is 0.109. The summed E-state index contributed by atoms with van der Waals surface area (Å²) >= 11 is 0. The number of nitrogens with two attached hydrogens (primary N) is 1. The number of hydrogen-bond acceptors (Lipinski definition) is 6. The maximum Gasteiger partial charge on any atom is 0.349 e. The molecule has 94 valence electrons. The summed E-state index contributed by atoms with van der Waals surface area (Å²) in [4.78, 5) is 15.1. The normalized spacial score (nSPS) is 32.9. The molecule has 0 spiro atoms. The van der Waals surface area contributed by atoms with Gasteiger partial charge in [0.1, 0.15) is 11.9 Å². The van der Waals surface area contributed by atoms with Gasteiger partial charge in [-0.1, -0.05) is 0 Å². The molecule has 7 heteroatoms. The van der Waals surface area contributed by atoms with E-state index >= 15 is 0 Å². The van der Waals surface area contributed by atoms with Crippen molar-refractivity contribution in [3.8, 4) is 0 Å². The first-order valence-electron chi connectivity index (χ1n) is 5.36. The maximum atomic E-state index is 11.6. The van der Waals surface area contributed by atoms with Crippen LogP contribution in [0.25, 0.3) is 0 Å². The van der Waals surface area contributed by atoms with Gasteiger partial charge in [-0.2, -0.15) is 4.98 Å². The van der Waals surface area contributed by atoms with Crippen LogP contribution in [0.15, 0.2) is 17.1 Å². The molecule has 0 aliphatic heterocycles. The van der Waals surface area contributed by atoms with Gasteiger partial charge in [0.25, 0.3) is 0 Å². The Morgan fingerprint density at radius 2 is 2.18 bits per heavy atom. The Balaban J connectivity index is 2.32. The number of aromatic nitrogens is 2. The van der Waals surface area contributed by atoms with Gasteiger partial charge in [0.15, 0.2) is 0 Å². The van der Waals surface area contributed by atoms with E-state index in [0.29, 0.717) is 6.42 Å². The highest BCUT2D eigenvalue weighted by molar-refractivity contribution is 5.23. The molecule has 17 heavy (non-hydrogen) atoms. The summed E-state index contributed by atoms with van der Waals surface area (Å²) in [6.45, 7) is -0.230. The molecule has 1 heterocycles. The Hall–Kier alpha value is -1.44. The van der Waals surface area contributed by atoms with Crippen molar-refractivity contribution in [2.45, 2.75) is 24.7 Å². The fourth-order valence-corrected chi connectivity index (χ4v) is 2.23. The molecule has 0 amide bonds. The predicted molar refractivity (Wildman–Crippen MR) is 59.2 cm³/mol.